The normalized spacial score (nSPS) is 17.0. The lowest BCUT2D eigenvalue weighted by molar-refractivity contribution is -0.122. The van der Waals surface area contributed by atoms with Crippen LogP contribution < -0.4 is 10.2 Å². The Hall–Kier alpha value is -2.45. The quantitative estimate of drug-likeness (QED) is 0.728. The van der Waals surface area contributed by atoms with Crippen molar-refractivity contribution in [2.45, 2.75) is 51.2 Å². The first kappa shape index (κ1) is 19.8. The zero-order chi connectivity index (χ0) is 20.5. The Kier molecular flexibility index (Phi) is 5.56. The number of anilines is 1. The number of amides is 2. The van der Waals surface area contributed by atoms with Crippen LogP contribution in [0.2, 0.25) is 10.0 Å². The molecule has 152 valence electrons. The van der Waals surface area contributed by atoms with Crippen LogP contribution in [0.5, 0.6) is 0 Å². The van der Waals surface area contributed by atoms with E-state index in [9.17, 15) is 14.4 Å². The van der Waals surface area contributed by atoms with Crippen molar-refractivity contribution in [3.05, 3.63) is 39.6 Å². The van der Waals surface area contributed by atoms with Crippen molar-refractivity contribution < 1.29 is 14.4 Å². The van der Waals surface area contributed by atoms with Gasteiger partial charge in [0.25, 0.3) is 11.7 Å². The topological polar surface area (TPSA) is 97.2 Å². The van der Waals surface area contributed by atoms with E-state index in [0.717, 1.165) is 25.7 Å². The molecule has 0 radical (unpaired) electrons. The molecule has 0 atom stereocenters. The fraction of sp³-hybridized carbons (Fsp3) is 0.421. The molecule has 1 N–H and O–H groups in total. The number of fused-ring (bicyclic) bond motifs is 1. The second-order valence-corrected chi connectivity index (χ2v) is 8.10. The van der Waals surface area contributed by atoms with Gasteiger partial charge in [0.15, 0.2) is 0 Å². The van der Waals surface area contributed by atoms with E-state index in [1.165, 1.54) is 28.1 Å². The first-order valence-corrected chi connectivity index (χ1v) is 10.2. The van der Waals surface area contributed by atoms with Gasteiger partial charge in [-0.05, 0) is 25.0 Å². The SMILES string of the molecule is O=C(Cn1cc(CN2C(=O)C(=O)c3c(Cl)ccc(Cl)c32)nn1)NC1CCCCC1. The summed E-state index contributed by atoms with van der Waals surface area (Å²) in [6.07, 6.45) is 7.07. The number of carbonyl (C=O) groups excluding carboxylic acids is 3. The average Bonchev–Trinajstić information content (AvgIpc) is 3.24. The van der Waals surface area contributed by atoms with Crippen LogP contribution in [0.15, 0.2) is 18.3 Å². The number of hydrogen-bond donors (Lipinski definition) is 1. The Morgan fingerprint density at radius 3 is 2.62 bits per heavy atom. The lowest BCUT2D eigenvalue weighted by atomic mass is 9.95. The second-order valence-electron chi connectivity index (χ2n) is 7.28. The third-order valence-electron chi connectivity index (χ3n) is 5.20. The minimum absolute atomic E-state index is 0.00186. The maximum atomic E-state index is 12.4. The third-order valence-corrected chi connectivity index (χ3v) is 5.82. The third kappa shape index (κ3) is 4.00. The summed E-state index contributed by atoms with van der Waals surface area (Å²) < 4.78 is 1.41. The Morgan fingerprint density at radius 1 is 1.14 bits per heavy atom. The van der Waals surface area contributed by atoms with E-state index in [1.807, 2.05) is 0 Å². The van der Waals surface area contributed by atoms with Crippen molar-refractivity contribution in [2.24, 2.45) is 0 Å². The highest BCUT2D eigenvalue weighted by molar-refractivity contribution is 6.56. The van der Waals surface area contributed by atoms with Crippen LogP contribution in [0.3, 0.4) is 0 Å². The van der Waals surface area contributed by atoms with Gasteiger partial charge in [-0.15, -0.1) is 5.10 Å². The molecule has 2 amide bonds. The zero-order valence-electron chi connectivity index (χ0n) is 15.5. The monoisotopic (exact) mass is 435 g/mol. The average molecular weight is 436 g/mol. The number of rotatable bonds is 5. The molecule has 2 aliphatic rings. The van der Waals surface area contributed by atoms with E-state index < -0.39 is 11.7 Å². The molecule has 1 aromatic carbocycles. The summed E-state index contributed by atoms with van der Waals surface area (Å²) in [6, 6.07) is 3.24. The molecule has 2 heterocycles. The highest BCUT2D eigenvalue weighted by Crippen LogP contribution is 2.40. The van der Waals surface area contributed by atoms with Crippen molar-refractivity contribution >= 4 is 46.5 Å². The molecule has 1 saturated carbocycles. The van der Waals surface area contributed by atoms with Gasteiger partial charge < -0.3 is 5.32 Å². The van der Waals surface area contributed by atoms with Crippen LogP contribution in [0, 0.1) is 0 Å². The molecule has 8 nitrogen and oxygen atoms in total. The molecule has 10 heteroatoms. The number of hydrogen-bond acceptors (Lipinski definition) is 5. The standard InChI is InChI=1S/C19H19Cl2N5O3/c20-13-6-7-14(21)17-16(13)18(28)19(29)26(17)9-12-8-25(24-23-12)10-15(27)22-11-4-2-1-3-5-11/h6-8,11H,1-5,9-10H2,(H,22,27). The minimum Gasteiger partial charge on any atom is -0.352 e. The van der Waals surface area contributed by atoms with Crippen molar-refractivity contribution in [1.29, 1.82) is 0 Å². The van der Waals surface area contributed by atoms with Crippen molar-refractivity contribution in [1.82, 2.24) is 20.3 Å². The van der Waals surface area contributed by atoms with E-state index in [1.54, 1.807) is 6.20 Å². The molecule has 1 aliphatic heterocycles. The minimum atomic E-state index is -0.723. The summed E-state index contributed by atoms with van der Waals surface area (Å²) in [4.78, 5) is 38.2. The lowest BCUT2D eigenvalue weighted by Crippen LogP contribution is -2.38. The van der Waals surface area contributed by atoms with Crippen LogP contribution in [-0.4, -0.2) is 38.6 Å². The van der Waals surface area contributed by atoms with E-state index in [4.69, 9.17) is 23.2 Å². The molecular weight excluding hydrogens is 417 g/mol. The Balaban J connectivity index is 1.45. The number of Topliss-reactive ketones (excluding diaryl/α,β-unsaturated/α-hetero) is 1. The van der Waals surface area contributed by atoms with Gasteiger partial charge in [0.05, 0.1) is 34.0 Å². The summed E-state index contributed by atoms with van der Waals surface area (Å²) in [5.41, 5.74) is 0.808. The Morgan fingerprint density at radius 2 is 1.86 bits per heavy atom. The molecule has 0 unspecified atom stereocenters. The molecule has 4 rings (SSSR count). The van der Waals surface area contributed by atoms with E-state index in [-0.39, 0.29) is 46.3 Å². The number of nitrogens with one attached hydrogen (secondary N) is 1. The van der Waals surface area contributed by atoms with Gasteiger partial charge in [0.1, 0.15) is 12.2 Å². The number of nitrogens with zero attached hydrogens (tertiary/aromatic N) is 4. The van der Waals surface area contributed by atoms with E-state index in [0.29, 0.717) is 5.69 Å². The molecule has 0 saturated heterocycles. The van der Waals surface area contributed by atoms with Crippen LogP contribution in [0.4, 0.5) is 5.69 Å². The molecule has 0 bridgehead atoms. The number of ketones is 1. The smallest absolute Gasteiger partial charge is 0.299 e. The van der Waals surface area contributed by atoms with Crippen LogP contribution >= 0.6 is 23.2 Å². The van der Waals surface area contributed by atoms with Gasteiger partial charge >= 0.3 is 0 Å². The van der Waals surface area contributed by atoms with Crippen molar-refractivity contribution in [3.63, 3.8) is 0 Å². The van der Waals surface area contributed by atoms with E-state index >= 15 is 0 Å². The van der Waals surface area contributed by atoms with Gasteiger partial charge in [-0.3, -0.25) is 19.3 Å². The molecular formula is C19H19Cl2N5O3. The first-order chi connectivity index (χ1) is 13.9. The second kappa shape index (κ2) is 8.12. The van der Waals surface area contributed by atoms with Crippen LogP contribution in [-0.2, 0) is 22.7 Å². The lowest BCUT2D eigenvalue weighted by Gasteiger charge is -2.22. The highest BCUT2D eigenvalue weighted by atomic mass is 35.5. The first-order valence-electron chi connectivity index (χ1n) is 9.46. The summed E-state index contributed by atoms with van der Waals surface area (Å²) in [6.45, 7) is 0.0431. The van der Waals surface area contributed by atoms with Gasteiger partial charge in [-0.1, -0.05) is 47.7 Å². The molecule has 0 spiro atoms. The summed E-state index contributed by atoms with van der Waals surface area (Å²) in [5.74, 6) is -1.55. The van der Waals surface area contributed by atoms with Gasteiger partial charge in [0, 0.05) is 6.04 Å². The molecule has 1 fully saturated rings. The highest BCUT2D eigenvalue weighted by Gasteiger charge is 2.39. The fourth-order valence-corrected chi connectivity index (χ4v) is 4.32. The number of aromatic nitrogens is 3. The van der Waals surface area contributed by atoms with Gasteiger partial charge in [-0.25, -0.2) is 4.68 Å². The largest absolute Gasteiger partial charge is 0.352 e. The maximum absolute atomic E-state index is 12.4. The molecule has 29 heavy (non-hydrogen) atoms. The number of halogens is 2. The summed E-state index contributed by atoms with van der Waals surface area (Å²) in [5, 5.41) is 11.4. The van der Waals surface area contributed by atoms with Crippen molar-refractivity contribution in [3.8, 4) is 0 Å². The van der Waals surface area contributed by atoms with Gasteiger partial charge in [-0.2, -0.15) is 0 Å². The Bertz CT molecular complexity index is 984. The number of carbonyl (C=O) groups is 3. The maximum Gasteiger partial charge on any atom is 0.299 e. The number of benzene rings is 1. The molecule has 1 aromatic heterocycles. The van der Waals surface area contributed by atoms with Crippen LogP contribution in [0.1, 0.15) is 48.2 Å². The molecule has 1 aliphatic carbocycles. The summed E-state index contributed by atoms with van der Waals surface area (Å²) >= 11 is 12.3. The summed E-state index contributed by atoms with van der Waals surface area (Å²) in [7, 11) is 0. The Labute approximate surface area is 177 Å². The van der Waals surface area contributed by atoms with Crippen molar-refractivity contribution in [2.75, 3.05) is 4.90 Å². The van der Waals surface area contributed by atoms with Crippen LogP contribution in [0.25, 0.3) is 0 Å². The van der Waals surface area contributed by atoms with Gasteiger partial charge in [0.2, 0.25) is 5.91 Å². The zero-order valence-corrected chi connectivity index (χ0v) is 17.0. The predicted octanol–water partition coefficient (Wildman–Crippen LogP) is 2.76. The fourth-order valence-electron chi connectivity index (χ4n) is 3.82. The van der Waals surface area contributed by atoms with E-state index in [2.05, 4.69) is 15.6 Å². The predicted molar refractivity (Wildman–Crippen MR) is 107 cm³/mol. The molecule has 2 aromatic rings.